The summed E-state index contributed by atoms with van der Waals surface area (Å²) in [7, 11) is 0. The molecule has 1 heterocycles. The lowest BCUT2D eigenvalue weighted by Crippen LogP contribution is -2.10. The SMILES string of the molecule is CC(CN)c1noc(Cc2ccc(Br)cc2)n1. The van der Waals surface area contributed by atoms with Crippen LogP contribution in [-0.4, -0.2) is 16.7 Å². The normalized spacial score (nSPS) is 12.6. The summed E-state index contributed by atoms with van der Waals surface area (Å²) < 4.78 is 6.25. The third-order valence-corrected chi connectivity index (χ3v) is 3.08. The highest BCUT2D eigenvalue weighted by molar-refractivity contribution is 9.10. The summed E-state index contributed by atoms with van der Waals surface area (Å²) in [5, 5.41) is 3.93. The summed E-state index contributed by atoms with van der Waals surface area (Å²) in [6.07, 6.45) is 0.650. The third-order valence-electron chi connectivity index (χ3n) is 2.55. The standard InChI is InChI=1S/C12H14BrN3O/c1-8(7-14)12-15-11(17-16-12)6-9-2-4-10(13)5-3-9/h2-5,8H,6-7,14H2,1H3. The van der Waals surface area contributed by atoms with Crippen LogP contribution in [0.5, 0.6) is 0 Å². The van der Waals surface area contributed by atoms with Gasteiger partial charge in [0.25, 0.3) is 0 Å². The predicted molar refractivity (Wildman–Crippen MR) is 68.7 cm³/mol. The highest BCUT2D eigenvalue weighted by Crippen LogP contribution is 2.15. The lowest BCUT2D eigenvalue weighted by atomic mass is 10.1. The first-order valence-electron chi connectivity index (χ1n) is 5.46. The molecule has 2 N–H and O–H groups in total. The topological polar surface area (TPSA) is 64.9 Å². The summed E-state index contributed by atoms with van der Waals surface area (Å²) in [5.41, 5.74) is 6.70. The van der Waals surface area contributed by atoms with E-state index >= 15 is 0 Å². The average molecular weight is 296 g/mol. The lowest BCUT2D eigenvalue weighted by molar-refractivity contribution is 0.376. The lowest BCUT2D eigenvalue weighted by Gasteiger charge is -1.99. The Hall–Kier alpha value is -1.20. The van der Waals surface area contributed by atoms with Crippen molar-refractivity contribution in [1.29, 1.82) is 0 Å². The molecule has 2 rings (SSSR count). The molecule has 0 saturated heterocycles. The maximum atomic E-state index is 5.56. The number of halogens is 1. The molecule has 0 aliphatic carbocycles. The van der Waals surface area contributed by atoms with E-state index in [1.54, 1.807) is 0 Å². The monoisotopic (exact) mass is 295 g/mol. The molecule has 90 valence electrons. The molecular weight excluding hydrogens is 282 g/mol. The minimum atomic E-state index is 0.136. The van der Waals surface area contributed by atoms with Crippen LogP contribution in [0.15, 0.2) is 33.3 Å². The molecule has 0 saturated carbocycles. The Morgan fingerprint density at radius 1 is 1.35 bits per heavy atom. The first-order valence-corrected chi connectivity index (χ1v) is 6.25. The molecule has 0 fully saturated rings. The molecule has 1 aromatic carbocycles. The number of nitrogens with two attached hydrogens (primary N) is 1. The van der Waals surface area contributed by atoms with E-state index in [-0.39, 0.29) is 5.92 Å². The maximum Gasteiger partial charge on any atom is 0.231 e. The van der Waals surface area contributed by atoms with Crippen molar-refractivity contribution in [3.63, 3.8) is 0 Å². The van der Waals surface area contributed by atoms with Gasteiger partial charge in [-0.2, -0.15) is 4.98 Å². The van der Waals surface area contributed by atoms with Crippen molar-refractivity contribution in [1.82, 2.24) is 10.1 Å². The smallest absolute Gasteiger partial charge is 0.231 e. The molecule has 5 heteroatoms. The van der Waals surface area contributed by atoms with Crippen molar-refractivity contribution in [2.75, 3.05) is 6.54 Å². The summed E-state index contributed by atoms with van der Waals surface area (Å²) in [6, 6.07) is 8.05. The number of hydrogen-bond acceptors (Lipinski definition) is 4. The van der Waals surface area contributed by atoms with E-state index in [9.17, 15) is 0 Å². The molecule has 0 amide bonds. The fraction of sp³-hybridized carbons (Fsp3) is 0.333. The summed E-state index contributed by atoms with van der Waals surface area (Å²) in [4.78, 5) is 4.33. The van der Waals surface area contributed by atoms with Crippen LogP contribution in [0.25, 0.3) is 0 Å². The van der Waals surface area contributed by atoms with Crippen molar-refractivity contribution in [2.45, 2.75) is 19.3 Å². The van der Waals surface area contributed by atoms with Crippen molar-refractivity contribution in [2.24, 2.45) is 5.73 Å². The third kappa shape index (κ3) is 3.14. The van der Waals surface area contributed by atoms with Crippen molar-refractivity contribution < 1.29 is 4.52 Å². The second-order valence-electron chi connectivity index (χ2n) is 3.99. The van der Waals surface area contributed by atoms with Crippen LogP contribution in [0, 0.1) is 0 Å². The zero-order chi connectivity index (χ0) is 12.3. The Balaban J connectivity index is 2.08. The van der Waals surface area contributed by atoms with E-state index in [0.717, 1.165) is 10.0 Å². The minimum absolute atomic E-state index is 0.136. The highest BCUT2D eigenvalue weighted by Gasteiger charge is 2.12. The molecule has 4 nitrogen and oxygen atoms in total. The van der Waals surface area contributed by atoms with Gasteiger partial charge in [-0.15, -0.1) is 0 Å². The summed E-state index contributed by atoms with van der Waals surface area (Å²) in [6.45, 7) is 2.51. The maximum absolute atomic E-state index is 5.56. The molecule has 1 atom stereocenters. The first kappa shape index (κ1) is 12.3. The van der Waals surface area contributed by atoms with Crippen LogP contribution in [-0.2, 0) is 6.42 Å². The number of benzene rings is 1. The molecule has 2 aromatic rings. The van der Waals surface area contributed by atoms with Crippen LogP contribution in [0.1, 0.15) is 30.1 Å². The zero-order valence-corrected chi connectivity index (χ0v) is 11.1. The van der Waals surface area contributed by atoms with Gasteiger partial charge in [-0.05, 0) is 17.7 Å². The number of aromatic nitrogens is 2. The Bertz CT molecular complexity index is 481. The van der Waals surface area contributed by atoms with Crippen LogP contribution in [0.4, 0.5) is 0 Å². The van der Waals surface area contributed by atoms with Gasteiger partial charge in [0.15, 0.2) is 5.82 Å². The van der Waals surface area contributed by atoms with E-state index in [0.29, 0.717) is 24.7 Å². The van der Waals surface area contributed by atoms with E-state index in [4.69, 9.17) is 10.3 Å². The van der Waals surface area contributed by atoms with Crippen molar-refractivity contribution >= 4 is 15.9 Å². The molecule has 17 heavy (non-hydrogen) atoms. The summed E-state index contributed by atoms with van der Waals surface area (Å²) in [5.74, 6) is 1.44. The zero-order valence-electron chi connectivity index (χ0n) is 9.56. The fourth-order valence-electron chi connectivity index (χ4n) is 1.42. The Labute approximate surface area is 108 Å². The van der Waals surface area contributed by atoms with Gasteiger partial charge >= 0.3 is 0 Å². The van der Waals surface area contributed by atoms with Gasteiger partial charge in [0.2, 0.25) is 5.89 Å². The van der Waals surface area contributed by atoms with Crippen LogP contribution in [0.2, 0.25) is 0 Å². The van der Waals surface area contributed by atoms with Gasteiger partial charge in [0.05, 0.1) is 6.42 Å². The largest absolute Gasteiger partial charge is 0.339 e. The van der Waals surface area contributed by atoms with E-state index in [2.05, 4.69) is 26.1 Å². The van der Waals surface area contributed by atoms with Gasteiger partial charge in [-0.25, -0.2) is 0 Å². The number of rotatable bonds is 4. The van der Waals surface area contributed by atoms with Gasteiger partial charge in [-0.1, -0.05) is 40.1 Å². The first-order chi connectivity index (χ1) is 8.19. The quantitative estimate of drug-likeness (QED) is 0.941. The van der Waals surface area contributed by atoms with Gasteiger partial charge in [-0.3, -0.25) is 0 Å². The van der Waals surface area contributed by atoms with Gasteiger partial charge in [0.1, 0.15) is 0 Å². The van der Waals surface area contributed by atoms with Gasteiger partial charge in [0, 0.05) is 16.9 Å². The molecular formula is C12H14BrN3O. The Morgan fingerprint density at radius 3 is 2.71 bits per heavy atom. The van der Waals surface area contributed by atoms with Crippen molar-refractivity contribution in [3.05, 3.63) is 46.0 Å². The molecule has 0 aliphatic heterocycles. The van der Waals surface area contributed by atoms with Crippen molar-refractivity contribution in [3.8, 4) is 0 Å². The van der Waals surface area contributed by atoms with E-state index < -0.39 is 0 Å². The molecule has 1 unspecified atom stereocenters. The molecule has 0 spiro atoms. The summed E-state index contributed by atoms with van der Waals surface area (Å²) >= 11 is 3.40. The molecule has 1 aromatic heterocycles. The van der Waals surface area contributed by atoms with Crippen LogP contribution < -0.4 is 5.73 Å². The van der Waals surface area contributed by atoms with E-state index in [1.165, 1.54) is 0 Å². The average Bonchev–Trinajstić information content (AvgIpc) is 2.80. The number of hydrogen-bond donors (Lipinski definition) is 1. The minimum Gasteiger partial charge on any atom is -0.339 e. The molecule has 0 bridgehead atoms. The Morgan fingerprint density at radius 2 is 2.06 bits per heavy atom. The molecule has 0 aliphatic rings. The molecule has 0 radical (unpaired) electrons. The highest BCUT2D eigenvalue weighted by atomic mass is 79.9. The van der Waals surface area contributed by atoms with Crippen LogP contribution >= 0.6 is 15.9 Å². The predicted octanol–water partition coefficient (Wildman–Crippen LogP) is 2.49. The van der Waals surface area contributed by atoms with E-state index in [1.807, 2.05) is 31.2 Å². The van der Waals surface area contributed by atoms with Gasteiger partial charge < -0.3 is 10.3 Å². The van der Waals surface area contributed by atoms with Crippen LogP contribution in [0.3, 0.4) is 0 Å². The number of nitrogens with zero attached hydrogens (tertiary/aromatic N) is 2. The fourth-order valence-corrected chi connectivity index (χ4v) is 1.69. The second-order valence-corrected chi connectivity index (χ2v) is 4.90. The second kappa shape index (κ2) is 5.42. The Kier molecular flexibility index (Phi) is 3.91.